The molecule has 0 aromatic heterocycles. The van der Waals surface area contributed by atoms with E-state index in [1.807, 2.05) is 31.2 Å². The van der Waals surface area contributed by atoms with Gasteiger partial charge in [0.15, 0.2) is 0 Å². The normalized spacial score (nSPS) is 11.8. The summed E-state index contributed by atoms with van der Waals surface area (Å²) in [6, 6.07) is 7.75. The van der Waals surface area contributed by atoms with Gasteiger partial charge in [-0.1, -0.05) is 19.1 Å². The summed E-state index contributed by atoms with van der Waals surface area (Å²) in [6.07, 6.45) is 1.24. The number of benzene rings is 1. The zero-order chi connectivity index (χ0) is 16.5. The van der Waals surface area contributed by atoms with Crippen LogP contribution in [0.1, 0.15) is 44.6 Å². The molecule has 0 heterocycles. The van der Waals surface area contributed by atoms with E-state index in [-0.39, 0.29) is 24.8 Å². The maximum atomic E-state index is 12.4. The number of carbonyl (C=O) groups is 2. The van der Waals surface area contributed by atoms with E-state index in [1.165, 1.54) is 0 Å². The average Bonchev–Trinajstić information content (AvgIpc) is 2.53. The smallest absolute Gasteiger partial charge is 0.305 e. The fourth-order valence-corrected chi connectivity index (χ4v) is 2.40. The van der Waals surface area contributed by atoms with Gasteiger partial charge in [0.1, 0.15) is 5.75 Å². The largest absolute Gasteiger partial charge is 0.497 e. The molecule has 0 saturated heterocycles. The van der Waals surface area contributed by atoms with Gasteiger partial charge in [0.05, 0.1) is 13.5 Å². The molecule has 1 atom stereocenters. The Morgan fingerprint density at radius 2 is 1.86 bits per heavy atom. The van der Waals surface area contributed by atoms with Crippen molar-refractivity contribution in [1.29, 1.82) is 0 Å². The highest BCUT2D eigenvalue weighted by Gasteiger charge is 2.19. The lowest BCUT2D eigenvalue weighted by molar-refractivity contribution is -0.138. The van der Waals surface area contributed by atoms with Crippen LogP contribution in [0, 0.1) is 0 Å². The summed E-state index contributed by atoms with van der Waals surface area (Å²) in [4.78, 5) is 24.6. The van der Waals surface area contributed by atoms with Crippen LogP contribution in [0.25, 0.3) is 0 Å². The second-order valence-electron chi connectivity index (χ2n) is 5.20. The maximum absolute atomic E-state index is 12.4. The number of hydrogen-bond acceptors (Lipinski definition) is 3. The topological polar surface area (TPSA) is 66.8 Å². The van der Waals surface area contributed by atoms with E-state index in [1.54, 1.807) is 12.0 Å². The first-order valence-electron chi connectivity index (χ1n) is 7.65. The van der Waals surface area contributed by atoms with Gasteiger partial charge >= 0.3 is 5.97 Å². The molecular formula is C17H25NO4. The van der Waals surface area contributed by atoms with E-state index >= 15 is 0 Å². The number of aliphatic carboxylic acids is 1. The van der Waals surface area contributed by atoms with Gasteiger partial charge in [-0.15, -0.1) is 0 Å². The number of amides is 1. The SMILES string of the molecule is CCC(CC(=O)N(CC)CCC(=O)O)c1ccc(OC)cc1. The van der Waals surface area contributed by atoms with Gasteiger partial charge in [-0.05, 0) is 37.0 Å². The minimum Gasteiger partial charge on any atom is -0.497 e. The second kappa shape index (κ2) is 9.07. The molecule has 0 spiro atoms. The molecule has 0 aliphatic rings. The van der Waals surface area contributed by atoms with Crippen LogP contribution >= 0.6 is 0 Å². The first-order chi connectivity index (χ1) is 10.5. The number of nitrogens with zero attached hydrogens (tertiary/aromatic N) is 1. The number of methoxy groups -OCH3 is 1. The maximum Gasteiger partial charge on any atom is 0.305 e. The van der Waals surface area contributed by atoms with Crippen LogP contribution in [0.5, 0.6) is 5.75 Å². The van der Waals surface area contributed by atoms with Crippen molar-refractivity contribution in [2.45, 2.75) is 39.0 Å². The Hall–Kier alpha value is -2.04. The van der Waals surface area contributed by atoms with E-state index in [9.17, 15) is 9.59 Å². The second-order valence-corrected chi connectivity index (χ2v) is 5.20. The molecule has 22 heavy (non-hydrogen) atoms. The molecule has 0 aliphatic carbocycles. The lowest BCUT2D eigenvalue weighted by atomic mass is 9.92. The minimum absolute atomic E-state index is 0.00594. The molecule has 1 amide bonds. The van der Waals surface area contributed by atoms with Crippen molar-refractivity contribution in [1.82, 2.24) is 4.90 Å². The molecule has 0 bridgehead atoms. The number of carbonyl (C=O) groups excluding carboxylic acids is 1. The molecule has 122 valence electrons. The quantitative estimate of drug-likeness (QED) is 0.761. The van der Waals surface area contributed by atoms with Crippen molar-refractivity contribution in [3.8, 4) is 5.75 Å². The summed E-state index contributed by atoms with van der Waals surface area (Å²) in [6.45, 7) is 4.72. The Balaban J connectivity index is 2.70. The Kier molecular flexibility index (Phi) is 7.43. The van der Waals surface area contributed by atoms with Gasteiger partial charge < -0.3 is 14.7 Å². The molecule has 0 fully saturated rings. The highest BCUT2D eigenvalue weighted by atomic mass is 16.5. The Morgan fingerprint density at radius 1 is 1.23 bits per heavy atom. The first-order valence-corrected chi connectivity index (χ1v) is 7.65. The Bertz CT molecular complexity index is 484. The van der Waals surface area contributed by atoms with Crippen molar-refractivity contribution in [2.24, 2.45) is 0 Å². The minimum atomic E-state index is -0.881. The Labute approximate surface area is 131 Å². The van der Waals surface area contributed by atoms with Crippen molar-refractivity contribution >= 4 is 11.9 Å². The zero-order valence-electron chi connectivity index (χ0n) is 13.5. The van der Waals surface area contributed by atoms with Crippen LogP contribution in [0.4, 0.5) is 0 Å². The molecule has 1 aromatic rings. The van der Waals surface area contributed by atoms with Crippen molar-refractivity contribution in [3.05, 3.63) is 29.8 Å². The van der Waals surface area contributed by atoms with Gasteiger partial charge in [0, 0.05) is 19.5 Å². The van der Waals surface area contributed by atoms with Crippen LogP contribution < -0.4 is 4.74 Å². The summed E-state index contributed by atoms with van der Waals surface area (Å²) in [5.74, 6) is 0.0544. The van der Waals surface area contributed by atoms with E-state index in [4.69, 9.17) is 9.84 Å². The van der Waals surface area contributed by atoms with Gasteiger partial charge in [-0.3, -0.25) is 9.59 Å². The molecule has 0 saturated carbocycles. The number of carboxylic acid groups (broad SMARTS) is 1. The highest BCUT2D eigenvalue weighted by molar-refractivity contribution is 5.78. The first kappa shape index (κ1) is 18.0. The van der Waals surface area contributed by atoms with E-state index in [2.05, 4.69) is 6.92 Å². The average molecular weight is 307 g/mol. The standard InChI is InChI=1S/C17H25NO4/c1-4-13(14-6-8-15(22-3)9-7-14)12-16(19)18(5-2)11-10-17(20)21/h6-9,13H,4-5,10-12H2,1-3H3,(H,20,21). The van der Waals surface area contributed by atoms with E-state index in [0.717, 1.165) is 17.7 Å². The third-order valence-electron chi connectivity index (χ3n) is 3.83. The molecule has 0 radical (unpaired) electrons. The lowest BCUT2D eigenvalue weighted by Gasteiger charge is -2.23. The van der Waals surface area contributed by atoms with Crippen LogP contribution in [0.3, 0.4) is 0 Å². The van der Waals surface area contributed by atoms with Crippen LogP contribution in [0.15, 0.2) is 24.3 Å². The predicted octanol–water partition coefficient (Wildman–Crippen LogP) is 2.90. The molecule has 5 nitrogen and oxygen atoms in total. The number of carboxylic acids is 1. The summed E-state index contributed by atoms with van der Waals surface area (Å²) in [5.41, 5.74) is 1.10. The summed E-state index contributed by atoms with van der Waals surface area (Å²) >= 11 is 0. The van der Waals surface area contributed by atoms with Gasteiger partial charge in [0.25, 0.3) is 0 Å². The summed E-state index contributed by atoms with van der Waals surface area (Å²) in [7, 11) is 1.62. The number of ether oxygens (including phenoxy) is 1. The van der Waals surface area contributed by atoms with E-state index in [0.29, 0.717) is 13.0 Å². The number of rotatable bonds is 9. The van der Waals surface area contributed by atoms with Crippen LogP contribution in [0.2, 0.25) is 0 Å². The molecule has 1 N–H and O–H groups in total. The van der Waals surface area contributed by atoms with Crippen LogP contribution in [-0.4, -0.2) is 42.1 Å². The fraction of sp³-hybridized carbons (Fsp3) is 0.529. The van der Waals surface area contributed by atoms with Crippen molar-refractivity contribution in [3.63, 3.8) is 0 Å². The van der Waals surface area contributed by atoms with Gasteiger partial charge in [-0.2, -0.15) is 0 Å². The lowest BCUT2D eigenvalue weighted by Crippen LogP contribution is -2.33. The summed E-state index contributed by atoms with van der Waals surface area (Å²) < 4.78 is 5.14. The highest BCUT2D eigenvalue weighted by Crippen LogP contribution is 2.26. The van der Waals surface area contributed by atoms with Crippen LogP contribution in [-0.2, 0) is 9.59 Å². The molecule has 1 aromatic carbocycles. The molecule has 5 heteroatoms. The molecule has 1 rings (SSSR count). The zero-order valence-corrected chi connectivity index (χ0v) is 13.5. The third kappa shape index (κ3) is 5.39. The Morgan fingerprint density at radius 3 is 2.32 bits per heavy atom. The monoisotopic (exact) mass is 307 g/mol. The number of hydrogen-bond donors (Lipinski definition) is 1. The summed E-state index contributed by atoms with van der Waals surface area (Å²) in [5, 5.41) is 8.75. The molecular weight excluding hydrogens is 282 g/mol. The van der Waals surface area contributed by atoms with Crippen molar-refractivity contribution < 1.29 is 19.4 Å². The molecule has 0 aliphatic heterocycles. The third-order valence-corrected chi connectivity index (χ3v) is 3.83. The van der Waals surface area contributed by atoms with Crippen molar-refractivity contribution in [2.75, 3.05) is 20.2 Å². The predicted molar refractivity (Wildman–Crippen MR) is 85.1 cm³/mol. The van der Waals surface area contributed by atoms with Gasteiger partial charge in [0.2, 0.25) is 5.91 Å². The van der Waals surface area contributed by atoms with Gasteiger partial charge in [-0.25, -0.2) is 0 Å². The van der Waals surface area contributed by atoms with E-state index < -0.39 is 5.97 Å². The molecule has 1 unspecified atom stereocenters. The fourth-order valence-electron chi connectivity index (χ4n) is 2.40.